The summed E-state index contributed by atoms with van der Waals surface area (Å²) in [7, 11) is 1.26. The number of rotatable bonds is 3. The van der Waals surface area contributed by atoms with Crippen LogP contribution in [-0.2, 0) is 4.74 Å². The summed E-state index contributed by atoms with van der Waals surface area (Å²) in [5.74, 6) is -0.546. The Morgan fingerprint density at radius 3 is 2.67 bits per heavy atom. The molecule has 0 unspecified atom stereocenters. The van der Waals surface area contributed by atoms with Gasteiger partial charge in [-0.05, 0) is 18.2 Å². The van der Waals surface area contributed by atoms with Crippen molar-refractivity contribution in [3.05, 3.63) is 28.2 Å². The smallest absolute Gasteiger partial charge is 0.340 e. The largest absolute Gasteiger partial charge is 0.465 e. The standard InChI is InChI=1S/C11H7BrN4O2/c1-18-11(17)9-3-2-7(12)4-10(9)16-15-8(5-13)6-14/h2-4,16H,1H3. The number of nitrogens with zero attached hydrogens (tertiary/aromatic N) is 3. The predicted octanol–water partition coefficient (Wildman–Crippen LogP) is 2.05. The van der Waals surface area contributed by atoms with Gasteiger partial charge in [-0.15, -0.1) is 0 Å². The Hall–Kier alpha value is -2.38. The summed E-state index contributed by atoms with van der Waals surface area (Å²) in [5.41, 5.74) is 2.72. The minimum Gasteiger partial charge on any atom is -0.465 e. The molecule has 0 atom stereocenters. The van der Waals surface area contributed by atoms with E-state index >= 15 is 0 Å². The third kappa shape index (κ3) is 3.30. The number of carbonyl (C=O) groups is 1. The molecule has 0 radical (unpaired) electrons. The second-order valence-corrected chi connectivity index (χ2v) is 3.89. The second kappa shape index (κ2) is 6.38. The van der Waals surface area contributed by atoms with Crippen LogP contribution in [0.25, 0.3) is 0 Å². The molecule has 18 heavy (non-hydrogen) atoms. The molecule has 90 valence electrons. The summed E-state index contributed by atoms with van der Waals surface area (Å²) in [6, 6.07) is 7.98. The van der Waals surface area contributed by atoms with E-state index in [1.54, 1.807) is 24.3 Å². The van der Waals surface area contributed by atoms with E-state index in [0.29, 0.717) is 10.2 Å². The van der Waals surface area contributed by atoms with Crippen LogP contribution in [0.2, 0.25) is 0 Å². The van der Waals surface area contributed by atoms with Gasteiger partial charge in [-0.1, -0.05) is 15.9 Å². The lowest BCUT2D eigenvalue weighted by molar-refractivity contribution is 0.0602. The number of methoxy groups -OCH3 is 1. The summed E-state index contributed by atoms with van der Waals surface area (Å²) in [4.78, 5) is 11.5. The van der Waals surface area contributed by atoms with Gasteiger partial charge in [-0.3, -0.25) is 5.43 Å². The SMILES string of the molecule is COC(=O)c1ccc(Br)cc1NN=C(C#N)C#N. The molecular weight excluding hydrogens is 300 g/mol. The van der Waals surface area contributed by atoms with Crippen LogP contribution in [0.1, 0.15) is 10.4 Å². The molecule has 0 spiro atoms. The highest BCUT2D eigenvalue weighted by Gasteiger charge is 2.12. The number of benzene rings is 1. The number of nitriles is 2. The van der Waals surface area contributed by atoms with E-state index < -0.39 is 5.97 Å². The lowest BCUT2D eigenvalue weighted by Gasteiger charge is -2.07. The molecule has 0 aromatic heterocycles. The van der Waals surface area contributed by atoms with Crippen LogP contribution in [0, 0.1) is 22.7 Å². The van der Waals surface area contributed by atoms with Gasteiger partial charge in [-0.2, -0.15) is 15.6 Å². The van der Waals surface area contributed by atoms with Crippen molar-refractivity contribution < 1.29 is 9.53 Å². The molecule has 0 heterocycles. The summed E-state index contributed by atoms with van der Waals surface area (Å²) in [6.45, 7) is 0. The number of nitrogens with one attached hydrogen (secondary N) is 1. The van der Waals surface area contributed by atoms with Crippen molar-refractivity contribution in [3.8, 4) is 12.1 Å². The lowest BCUT2D eigenvalue weighted by Crippen LogP contribution is -2.06. The zero-order chi connectivity index (χ0) is 13.5. The highest BCUT2D eigenvalue weighted by molar-refractivity contribution is 9.10. The first kappa shape index (κ1) is 13.7. The Morgan fingerprint density at radius 1 is 1.44 bits per heavy atom. The van der Waals surface area contributed by atoms with E-state index in [9.17, 15) is 4.79 Å². The first-order valence-corrected chi connectivity index (χ1v) is 5.43. The number of esters is 1. The number of hydrogen-bond acceptors (Lipinski definition) is 6. The minimum absolute atomic E-state index is 0.250. The summed E-state index contributed by atoms with van der Waals surface area (Å²) < 4.78 is 5.31. The van der Waals surface area contributed by atoms with Gasteiger partial charge in [0.05, 0.1) is 18.4 Å². The summed E-state index contributed by atoms with van der Waals surface area (Å²) >= 11 is 3.24. The maximum Gasteiger partial charge on any atom is 0.340 e. The van der Waals surface area contributed by atoms with E-state index in [-0.39, 0.29) is 11.3 Å². The van der Waals surface area contributed by atoms with E-state index in [1.165, 1.54) is 13.2 Å². The van der Waals surface area contributed by atoms with Crippen LogP contribution in [0.4, 0.5) is 5.69 Å². The average molecular weight is 307 g/mol. The van der Waals surface area contributed by atoms with Crippen molar-refractivity contribution >= 4 is 33.3 Å². The van der Waals surface area contributed by atoms with Gasteiger partial charge < -0.3 is 4.74 Å². The topological polar surface area (TPSA) is 98.3 Å². The summed E-state index contributed by atoms with van der Waals surface area (Å²) in [5, 5.41) is 20.6. The van der Waals surface area contributed by atoms with E-state index in [0.717, 1.165) is 0 Å². The monoisotopic (exact) mass is 306 g/mol. The van der Waals surface area contributed by atoms with Crippen molar-refractivity contribution in [2.75, 3.05) is 12.5 Å². The Morgan fingerprint density at radius 2 is 2.11 bits per heavy atom. The van der Waals surface area contributed by atoms with Crippen LogP contribution < -0.4 is 5.43 Å². The molecule has 0 aliphatic heterocycles. The van der Waals surface area contributed by atoms with Crippen LogP contribution in [-0.4, -0.2) is 18.8 Å². The maximum atomic E-state index is 11.5. The van der Waals surface area contributed by atoms with Gasteiger partial charge in [0.1, 0.15) is 12.1 Å². The van der Waals surface area contributed by atoms with Gasteiger partial charge >= 0.3 is 5.97 Å². The molecule has 1 aromatic rings. The van der Waals surface area contributed by atoms with Crippen molar-refractivity contribution in [2.45, 2.75) is 0 Å². The van der Waals surface area contributed by atoms with Crippen LogP contribution in [0.5, 0.6) is 0 Å². The molecule has 1 aromatic carbocycles. The van der Waals surface area contributed by atoms with Gasteiger partial charge in [0.2, 0.25) is 5.71 Å². The van der Waals surface area contributed by atoms with E-state index in [1.807, 2.05) is 0 Å². The van der Waals surface area contributed by atoms with Crippen LogP contribution in [0.15, 0.2) is 27.8 Å². The zero-order valence-corrected chi connectivity index (χ0v) is 10.9. The fourth-order valence-electron chi connectivity index (χ4n) is 1.09. The quantitative estimate of drug-likeness (QED) is 0.523. The van der Waals surface area contributed by atoms with E-state index in [4.69, 9.17) is 10.5 Å². The molecule has 0 amide bonds. The second-order valence-electron chi connectivity index (χ2n) is 2.98. The molecule has 6 nitrogen and oxygen atoms in total. The third-order valence-corrected chi connectivity index (χ3v) is 2.38. The number of halogens is 1. The molecule has 7 heteroatoms. The van der Waals surface area contributed by atoms with Crippen molar-refractivity contribution in [3.63, 3.8) is 0 Å². The minimum atomic E-state index is -0.546. The van der Waals surface area contributed by atoms with Crippen molar-refractivity contribution in [1.29, 1.82) is 10.5 Å². The Kier molecular flexibility index (Phi) is 4.85. The van der Waals surface area contributed by atoms with Crippen molar-refractivity contribution in [1.82, 2.24) is 0 Å². The van der Waals surface area contributed by atoms with Gasteiger partial charge in [0.15, 0.2) is 0 Å². The molecule has 0 aliphatic carbocycles. The highest BCUT2D eigenvalue weighted by Crippen LogP contribution is 2.22. The Balaban J connectivity index is 3.12. The zero-order valence-electron chi connectivity index (χ0n) is 9.27. The Bertz CT molecular complexity index is 568. The first-order chi connectivity index (χ1) is 8.62. The normalized spacial score (nSPS) is 8.67. The third-order valence-electron chi connectivity index (χ3n) is 1.89. The number of hydrazone groups is 1. The fourth-order valence-corrected chi connectivity index (χ4v) is 1.45. The van der Waals surface area contributed by atoms with Crippen molar-refractivity contribution in [2.24, 2.45) is 5.10 Å². The van der Waals surface area contributed by atoms with Crippen LogP contribution in [0.3, 0.4) is 0 Å². The maximum absolute atomic E-state index is 11.5. The molecule has 1 rings (SSSR count). The predicted molar refractivity (Wildman–Crippen MR) is 67.8 cm³/mol. The Labute approximate surface area is 112 Å². The average Bonchev–Trinajstić information content (AvgIpc) is 2.39. The van der Waals surface area contributed by atoms with E-state index in [2.05, 4.69) is 31.2 Å². The number of carbonyl (C=O) groups excluding carboxylic acids is 1. The molecule has 0 saturated heterocycles. The van der Waals surface area contributed by atoms with Gasteiger partial charge in [-0.25, -0.2) is 4.79 Å². The highest BCUT2D eigenvalue weighted by atomic mass is 79.9. The van der Waals surface area contributed by atoms with Gasteiger partial charge in [0, 0.05) is 4.47 Å². The number of anilines is 1. The molecule has 0 aliphatic rings. The fraction of sp³-hybridized carbons (Fsp3) is 0.0909. The van der Waals surface area contributed by atoms with Crippen LogP contribution >= 0.6 is 15.9 Å². The molecule has 0 saturated carbocycles. The lowest BCUT2D eigenvalue weighted by atomic mass is 10.2. The molecular formula is C11H7BrN4O2. The molecule has 0 bridgehead atoms. The summed E-state index contributed by atoms with van der Waals surface area (Å²) in [6.07, 6.45) is 0. The first-order valence-electron chi connectivity index (χ1n) is 4.64. The van der Waals surface area contributed by atoms with Gasteiger partial charge in [0.25, 0.3) is 0 Å². The number of hydrogen-bond donors (Lipinski definition) is 1. The molecule has 0 fully saturated rings. The number of ether oxygens (including phenoxy) is 1. The molecule has 1 N–H and O–H groups in total.